The highest BCUT2D eigenvalue weighted by molar-refractivity contribution is 5.70. The molecule has 8 N–H and O–H groups in total. The average molecular weight is 1160 g/mol. The van der Waals surface area contributed by atoms with Gasteiger partial charge in [0.2, 0.25) is 0 Å². The minimum Gasteiger partial charge on any atom is -0.441 e. The molecular formula is C55H103N11O15. The van der Waals surface area contributed by atoms with Crippen LogP contribution in [0, 0.1) is 16.6 Å². The Morgan fingerprint density at radius 3 is 1.09 bits per heavy atom. The second-order valence-corrected chi connectivity index (χ2v) is 20.6. The Balaban J connectivity index is 5.13. The summed E-state index contributed by atoms with van der Waals surface area (Å²) in [5, 5.41) is 49.7. The van der Waals surface area contributed by atoms with Gasteiger partial charge in [-0.3, -0.25) is 14.4 Å². The molecule has 26 nitrogen and oxygen atoms in total. The van der Waals surface area contributed by atoms with E-state index in [2.05, 4.69) is 50.6 Å². The number of rotatable bonds is 55. The summed E-state index contributed by atoms with van der Waals surface area (Å²) in [5.41, 5.74) is 25.3. The van der Waals surface area contributed by atoms with Crippen LogP contribution in [0.4, 0.5) is 14.4 Å². The highest BCUT2D eigenvalue weighted by Gasteiger charge is 2.33. The van der Waals surface area contributed by atoms with E-state index in [4.69, 9.17) is 45.3 Å². The number of aliphatic hydroxyl groups excluding tert-OH is 3. The number of ether oxygens (including phenoxy) is 3. The Morgan fingerprint density at radius 2 is 0.691 bits per heavy atom. The molecule has 0 radical (unpaired) electrons. The van der Waals surface area contributed by atoms with Gasteiger partial charge in [0.15, 0.2) is 0 Å². The molecule has 0 saturated carbocycles. The molecule has 0 spiro atoms. The zero-order chi connectivity index (χ0) is 60.0. The van der Waals surface area contributed by atoms with Gasteiger partial charge in [0, 0.05) is 25.7 Å². The van der Waals surface area contributed by atoms with Crippen LogP contribution in [-0.4, -0.2) is 107 Å². The number of azo groups is 1. The molecule has 0 saturated heterocycles. The van der Waals surface area contributed by atoms with Gasteiger partial charge in [0.05, 0.1) is 36.7 Å². The summed E-state index contributed by atoms with van der Waals surface area (Å²) < 4.78 is 15.5. The molecule has 81 heavy (non-hydrogen) atoms. The quantitative estimate of drug-likeness (QED) is 0.0121. The molecule has 0 heterocycles. The molecule has 6 unspecified atom stereocenters. The SMILES string of the molecule is CCCCCCCC/N=N\CCCCCCCC(=O)ON(NOC(=O)CCCCCCCC(O)C(CC(OC(=O)N=N)C(O)CCCCC)OC(=O)N=N)NOC(=O)CCCCCCCC(OC(=O)N=N)C(O)CCCCCCCC. The van der Waals surface area contributed by atoms with Gasteiger partial charge >= 0.3 is 36.2 Å². The smallest absolute Gasteiger partial charge is 0.441 e. The first-order chi connectivity index (χ1) is 39.2. The number of nitrogens with one attached hydrogen (secondary N) is 5. The van der Waals surface area contributed by atoms with Gasteiger partial charge in [0.25, 0.3) is 0 Å². The maximum Gasteiger partial charge on any atom is 0.452 e. The zero-order valence-corrected chi connectivity index (χ0v) is 49.2. The van der Waals surface area contributed by atoms with E-state index < -0.39 is 72.8 Å². The van der Waals surface area contributed by atoms with Crippen molar-refractivity contribution in [1.82, 2.24) is 16.5 Å². The van der Waals surface area contributed by atoms with Gasteiger partial charge in [-0.2, -0.15) is 26.8 Å². The van der Waals surface area contributed by atoms with Crippen LogP contribution in [0.3, 0.4) is 0 Å². The number of carbonyl (C=O) groups is 6. The topological polar surface area (TPSA) is 379 Å². The van der Waals surface area contributed by atoms with Crippen LogP contribution < -0.4 is 11.2 Å². The Labute approximate surface area is 480 Å². The number of carbonyl (C=O) groups excluding carboxylic acids is 6. The molecule has 6 atom stereocenters. The van der Waals surface area contributed by atoms with E-state index in [0.29, 0.717) is 88.9 Å². The fourth-order valence-corrected chi connectivity index (χ4v) is 8.76. The Morgan fingerprint density at radius 1 is 0.395 bits per heavy atom. The minimum absolute atomic E-state index is 0.0115. The van der Waals surface area contributed by atoms with E-state index in [1.54, 1.807) is 0 Å². The minimum atomic E-state index is -1.29. The second kappa shape index (κ2) is 54.2. The monoisotopic (exact) mass is 1160 g/mol. The highest BCUT2D eigenvalue weighted by Crippen LogP contribution is 2.23. The summed E-state index contributed by atoms with van der Waals surface area (Å²) in [7, 11) is 0. The molecule has 0 aliphatic carbocycles. The largest absolute Gasteiger partial charge is 0.452 e. The third-order valence-corrected chi connectivity index (χ3v) is 13.5. The highest BCUT2D eigenvalue weighted by atomic mass is 16.9. The number of amides is 3. The molecule has 26 heteroatoms. The van der Waals surface area contributed by atoms with Gasteiger partial charge in [-0.15, -0.1) is 0 Å². The van der Waals surface area contributed by atoms with Crippen LogP contribution in [0.1, 0.15) is 265 Å². The lowest BCUT2D eigenvalue weighted by Gasteiger charge is -2.28. The summed E-state index contributed by atoms with van der Waals surface area (Å²) in [6.45, 7) is 7.76. The van der Waals surface area contributed by atoms with E-state index >= 15 is 0 Å². The van der Waals surface area contributed by atoms with Crippen molar-refractivity contribution in [3.63, 3.8) is 0 Å². The molecule has 0 aliphatic rings. The number of aliphatic hydroxyl groups is 3. The fraction of sp³-hybridized carbons (Fsp3) is 0.891. The third kappa shape index (κ3) is 46.2. The standard InChI is InChI=1S/C55H103N11O15/c1-4-7-10-12-17-26-35-44(67)47(76-53(73)61-56)37-28-19-15-21-30-39-51(71)80-65-66(81-52(72)40-31-22-16-24-33-42-60-59-41-32-23-13-11-8-5-2)64-79-50(70)38-29-20-14-18-27-36-46(69)49(78-55(75)63-58)43-48(77-54(74)62-57)45(68)34-25-9-6-3/h44-49,56-58,64-65,67-69H,4-43H2,1-3H3/b60-59-,61-56?,62-57?,63-58?. The lowest BCUT2D eigenvalue weighted by molar-refractivity contribution is -0.320. The third-order valence-electron chi connectivity index (χ3n) is 13.5. The normalized spacial score (nSPS) is 13.6. The predicted molar refractivity (Wildman–Crippen MR) is 298 cm³/mol. The molecule has 0 bridgehead atoms. The van der Waals surface area contributed by atoms with E-state index in [9.17, 15) is 44.1 Å². The van der Waals surface area contributed by atoms with Crippen molar-refractivity contribution < 1.29 is 72.8 Å². The Hall–Kier alpha value is -5.02. The summed E-state index contributed by atoms with van der Waals surface area (Å²) in [5.74, 6) is -2.07. The fourth-order valence-electron chi connectivity index (χ4n) is 8.76. The van der Waals surface area contributed by atoms with E-state index in [-0.39, 0.29) is 38.5 Å². The van der Waals surface area contributed by atoms with Crippen LogP contribution >= 0.6 is 0 Å². The van der Waals surface area contributed by atoms with Crippen LogP contribution in [-0.2, 0) is 43.1 Å². The molecule has 0 aromatic heterocycles. The van der Waals surface area contributed by atoms with Gasteiger partial charge in [-0.05, 0) is 75.4 Å². The van der Waals surface area contributed by atoms with Crippen molar-refractivity contribution in [3.8, 4) is 0 Å². The number of hydrogen-bond donors (Lipinski definition) is 8. The first-order valence-electron chi connectivity index (χ1n) is 30.3. The van der Waals surface area contributed by atoms with E-state index in [1.165, 1.54) is 38.5 Å². The first kappa shape index (κ1) is 76.0. The maximum atomic E-state index is 12.8. The second-order valence-electron chi connectivity index (χ2n) is 20.6. The summed E-state index contributed by atoms with van der Waals surface area (Å²) in [6, 6.07) is 0. The zero-order valence-electron chi connectivity index (χ0n) is 49.2. The van der Waals surface area contributed by atoms with Crippen LogP contribution in [0.5, 0.6) is 0 Å². The molecule has 0 aliphatic heterocycles. The Bertz CT molecular complexity index is 1710. The molecule has 0 rings (SSSR count). The van der Waals surface area contributed by atoms with Gasteiger partial charge in [-0.1, -0.05) is 190 Å². The summed E-state index contributed by atoms with van der Waals surface area (Å²) in [6.07, 6.45) is 16.6. The van der Waals surface area contributed by atoms with Crippen LogP contribution in [0.2, 0.25) is 0 Å². The Kier molecular flexibility index (Phi) is 50.9. The molecule has 3 amide bonds. The lowest BCUT2D eigenvalue weighted by atomic mass is 9.96. The predicted octanol–water partition coefficient (Wildman–Crippen LogP) is 13.7. The van der Waals surface area contributed by atoms with Crippen molar-refractivity contribution in [2.24, 2.45) is 25.6 Å². The van der Waals surface area contributed by atoms with Crippen molar-refractivity contribution in [2.75, 3.05) is 13.1 Å². The number of nitrogens with zero attached hydrogens (tertiary/aromatic N) is 6. The molecule has 468 valence electrons. The van der Waals surface area contributed by atoms with E-state index in [1.807, 2.05) is 6.92 Å². The van der Waals surface area contributed by atoms with Crippen LogP contribution in [0.25, 0.3) is 0 Å². The molecule has 0 fully saturated rings. The summed E-state index contributed by atoms with van der Waals surface area (Å²) in [4.78, 5) is 89.2. The number of unbranched alkanes of at least 4 members (excludes halogenated alkanes) is 24. The molecule has 0 aromatic carbocycles. The first-order valence-corrected chi connectivity index (χ1v) is 30.3. The lowest BCUT2D eigenvalue weighted by Crippen LogP contribution is -2.50. The molecular weight excluding hydrogens is 1050 g/mol. The van der Waals surface area contributed by atoms with Crippen LogP contribution in [0.15, 0.2) is 25.6 Å². The molecule has 0 aromatic rings. The average Bonchev–Trinajstić information content (AvgIpc) is 3.46. The van der Waals surface area contributed by atoms with Gasteiger partial charge in [-0.25, -0.2) is 14.4 Å². The van der Waals surface area contributed by atoms with Crippen molar-refractivity contribution >= 4 is 36.2 Å². The van der Waals surface area contributed by atoms with Crippen molar-refractivity contribution in [2.45, 2.75) is 301 Å². The number of hydrogen-bond acceptors (Lipinski definition) is 23. The van der Waals surface area contributed by atoms with Crippen molar-refractivity contribution in [1.29, 1.82) is 16.6 Å². The van der Waals surface area contributed by atoms with Gasteiger partial charge < -0.3 is 44.0 Å². The van der Waals surface area contributed by atoms with E-state index in [0.717, 1.165) is 96.4 Å². The maximum absolute atomic E-state index is 12.8. The number of hydrazine groups is 2. The van der Waals surface area contributed by atoms with Gasteiger partial charge in [0.1, 0.15) is 18.3 Å². The van der Waals surface area contributed by atoms with Crippen molar-refractivity contribution in [3.05, 3.63) is 0 Å². The summed E-state index contributed by atoms with van der Waals surface area (Å²) >= 11 is 0.